The van der Waals surface area contributed by atoms with Gasteiger partial charge in [-0.3, -0.25) is 4.79 Å². The Kier molecular flexibility index (Phi) is 4.89. The van der Waals surface area contributed by atoms with Crippen LogP contribution in [0.3, 0.4) is 0 Å². The molecule has 0 radical (unpaired) electrons. The van der Waals surface area contributed by atoms with Crippen molar-refractivity contribution in [3.8, 4) is 17.4 Å². The van der Waals surface area contributed by atoms with Crippen molar-refractivity contribution < 1.29 is 14.3 Å². The maximum atomic E-state index is 12.4. The zero-order valence-corrected chi connectivity index (χ0v) is 13.9. The van der Waals surface area contributed by atoms with Crippen LogP contribution in [0.5, 0.6) is 17.4 Å². The average Bonchev–Trinajstić information content (AvgIpc) is 2.64. The Labute approximate surface area is 145 Å². The molecule has 1 aromatic heterocycles. The second kappa shape index (κ2) is 7.44. The van der Waals surface area contributed by atoms with Gasteiger partial charge in [-0.2, -0.15) is 5.10 Å². The molecule has 0 fully saturated rings. The SMILES string of the molecule is COc1cccc(NC(=O)c2cccc(Oc3ccc(C)nn3)c2)c1. The lowest BCUT2D eigenvalue weighted by molar-refractivity contribution is 0.102. The first kappa shape index (κ1) is 16.4. The van der Waals surface area contributed by atoms with Crippen molar-refractivity contribution in [1.82, 2.24) is 10.2 Å². The first-order valence-corrected chi connectivity index (χ1v) is 7.68. The van der Waals surface area contributed by atoms with E-state index in [1.165, 1.54) is 0 Å². The molecule has 6 heteroatoms. The Morgan fingerprint density at radius 2 is 1.76 bits per heavy atom. The van der Waals surface area contributed by atoms with Gasteiger partial charge in [0.2, 0.25) is 5.88 Å². The van der Waals surface area contributed by atoms with E-state index in [-0.39, 0.29) is 5.91 Å². The van der Waals surface area contributed by atoms with Gasteiger partial charge in [-0.05, 0) is 43.3 Å². The number of rotatable bonds is 5. The van der Waals surface area contributed by atoms with E-state index in [4.69, 9.17) is 9.47 Å². The molecule has 25 heavy (non-hydrogen) atoms. The predicted octanol–water partition coefficient (Wildman–Crippen LogP) is 3.84. The number of nitrogens with zero attached hydrogens (tertiary/aromatic N) is 2. The molecule has 0 saturated heterocycles. The highest BCUT2D eigenvalue weighted by Crippen LogP contribution is 2.22. The third-order valence-corrected chi connectivity index (χ3v) is 3.42. The quantitative estimate of drug-likeness (QED) is 0.767. The summed E-state index contributed by atoms with van der Waals surface area (Å²) in [6, 6.07) is 17.6. The monoisotopic (exact) mass is 335 g/mol. The lowest BCUT2D eigenvalue weighted by Gasteiger charge is -2.09. The van der Waals surface area contributed by atoms with Crippen LogP contribution in [0.25, 0.3) is 0 Å². The lowest BCUT2D eigenvalue weighted by atomic mass is 10.2. The van der Waals surface area contributed by atoms with Gasteiger partial charge in [0.05, 0.1) is 12.8 Å². The smallest absolute Gasteiger partial charge is 0.255 e. The van der Waals surface area contributed by atoms with E-state index in [2.05, 4.69) is 15.5 Å². The van der Waals surface area contributed by atoms with Crippen molar-refractivity contribution in [1.29, 1.82) is 0 Å². The molecule has 3 rings (SSSR count). The van der Waals surface area contributed by atoms with E-state index in [1.807, 2.05) is 25.1 Å². The molecular formula is C19H17N3O3. The molecule has 0 spiro atoms. The molecule has 0 atom stereocenters. The van der Waals surface area contributed by atoms with E-state index >= 15 is 0 Å². The fraction of sp³-hybridized carbons (Fsp3) is 0.105. The Balaban J connectivity index is 1.73. The third-order valence-electron chi connectivity index (χ3n) is 3.42. The highest BCUT2D eigenvalue weighted by atomic mass is 16.5. The van der Waals surface area contributed by atoms with Gasteiger partial charge in [0, 0.05) is 23.4 Å². The summed E-state index contributed by atoms with van der Waals surface area (Å²) in [5.41, 5.74) is 1.93. The number of nitrogens with one attached hydrogen (secondary N) is 1. The zero-order valence-electron chi connectivity index (χ0n) is 13.9. The molecule has 1 amide bonds. The minimum atomic E-state index is -0.242. The van der Waals surface area contributed by atoms with Crippen molar-refractivity contribution in [2.45, 2.75) is 6.92 Å². The highest BCUT2D eigenvalue weighted by molar-refractivity contribution is 6.04. The van der Waals surface area contributed by atoms with E-state index in [0.29, 0.717) is 28.6 Å². The van der Waals surface area contributed by atoms with Crippen LogP contribution < -0.4 is 14.8 Å². The third kappa shape index (κ3) is 4.32. The van der Waals surface area contributed by atoms with E-state index < -0.39 is 0 Å². The van der Waals surface area contributed by atoms with Gasteiger partial charge in [0.15, 0.2) is 0 Å². The highest BCUT2D eigenvalue weighted by Gasteiger charge is 2.09. The molecular weight excluding hydrogens is 318 g/mol. The van der Waals surface area contributed by atoms with E-state index in [1.54, 1.807) is 49.6 Å². The van der Waals surface area contributed by atoms with Gasteiger partial charge in [0.25, 0.3) is 5.91 Å². The number of benzene rings is 2. The summed E-state index contributed by atoms with van der Waals surface area (Å²) in [4.78, 5) is 12.4. The minimum absolute atomic E-state index is 0.242. The van der Waals surface area contributed by atoms with Gasteiger partial charge in [-0.15, -0.1) is 5.10 Å². The normalized spacial score (nSPS) is 10.2. The van der Waals surface area contributed by atoms with Gasteiger partial charge < -0.3 is 14.8 Å². The Morgan fingerprint density at radius 3 is 2.52 bits per heavy atom. The molecule has 126 valence electrons. The van der Waals surface area contributed by atoms with Crippen LogP contribution in [0, 0.1) is 6.92 Å². The molecule has 0 unspecified atom stereocenters. The maximum absolute atomic E-state index is 12.4. The molecule has 0 bridgehead atoms. The van der Waals surface area contributed by atoms with Crippen LogP contribution in [-0.4, -0.2) is 23.2 Å². The van der Waals surface area contributed by atoms with Crippen molar-refractivity contribution in [3.05, 3.63) is 71.9 Å². The second-order valence-electron chi connectivity index (χ2n) is 5.33. The van der Waals surface area contributed by atoms with Crippen molar-refractivity contribution in [2.24, 2.45) is 0 Å². The molecule has 0 aliphatic carbocycles. The first-order chi connectivity index (χ1) is 12.1. The van der Waals surface area contributed by atoms with Crippen LogP contribution in [0.15, 0.2) is 60.7 Å². The summed E-state index contributed by atoms with van der Waals surface area (Å²) in [7, 11) is 1.58. The largest absolute Gasteiger partial charge is 0.497 e. The lowest BCUT2D eigenvalue weighted by Crippen LogP contribution is -2.11. The van der Waals surface area contributed by atoms with Crippen molar-refractivity contribution in [2.75, 3.05) is 12.4 Å². The van der Waals surface area contributed by atoms with Gasteiger partial charge in [0.1, 0.15) is 11.5 Å². The first-order valence-electron chi connectivity index (χ1n) is 7.68. The molecule has 2 aromatic carbocycles. The fourth-order valence-electron chi connectivity index (χ4n) is 2.17. The van der Waals surface area contributed by atoms with Crippen LogP contribution in [-0.2, 0) is 0 Å². The number of aromatic nitrogens is 2. The van der Waals surface area contributed by atoms with Crippen molar-refractivity contribution >= 4 is 11.6 Å². The Bertz CT molecular complexity index is 879. The number of aryl methyl sites for hydroxylation is 1. The fourth-order valence-corrected chi connectivity index (χ4v) is 2.17. The van der Waals surface area contributed by atoms with Gasteiger partial charge >= 0.3 is 0 Å². The summed E-state index contributed by atoms with van der Waals surface area (Å²) in [5.74, 6) is 1.31. The Morgan fingerprint density at radius 1 is 0.960 bits per heavy atom. The molecule has 0 aliphatic heterocycles. The van der Waals surface area contributed by atoms with Gasteiger partial charge in [-0.1, -0.05) is 12.1 Å². The summed E-state index contributed by atoms with van der Waals surface area (Å²) in [6.07, 6.45) is 0. The minimum Gasteiger partial charge on any atom is -0.497 e. The number of hydrogen-bond acceptors (Lipinski definition) is 5. The molecule has 0 saturated carbocycles. The summed E-state index contributed by atoms with van der Waals surface area (Å²) in [6.45, 7) is 1.85. The summed E-state index contributed by atoms with van der Waals surface area (Å²) < 4.78 is 10.8. The van der Waals surface area contributed by atoms with Crippen LogP contribution in [0.2, 0.25) is 0 Å². The number of carbonyl (C=O) groups excluding carboxylic acids is 1. The topological polar surface area (TPSA) is 73.3 Å². The number of hydrogen-bond donors (Lipinski definition) is 1. The summed E-state index contributed by atoms with van der Waals surface area (Å²) >= 11 is 0. The number of methoxy groups -OCH3 is 1. The maximum Gasteiger partial charge on any atom is 0.255 e. The number of amides is 1. The molecule has 3 aromatic rings. The summed E-state index contributed by atoms with van der Waals surface area (Å²) in [5, 5.41) is 10.7. The number of anilines is 1. The van der Waals surface area contributed by atoms with Crippen molar-refractivity contribution in [3.63, 3.8) is 0 Å². The number of carbonyl (C=O) groups is 1. The standard InChI is InChI=1S/C19H17N3O3/c1-13-9-10-18(22-21-13)25-17-8-3-5-14(11-17)19(23)20-15-6-4-7-16(12-15)24-2/h3-12H,1-2H3,(H,20,23). The Hall–Kier alpha value is -3.41. The second-order valence-corrected chi connectivity index (χ2v) is 5.33. The average molecular weight is 335 g/mol. The zero-order chi connectivity index (χ0) is 17.6. The van der Waals surface area contributed by atoms with Crippen LogP contribution >= 0.6 is 0 Å². The molecule has 1 heterocycles. The van der Waals surface area contributed by atoms with Gasteiger partial charge in [-0.25, -0.2) is 0 Å². The van der Waals surface area contributed by atoms with Crippen LogP contribution in [0.4, 0.5) is 5.69 Å². The van der Waals surface area contributed by atoms with E-state index in [9.17, 15) is 4.79 Å². The molecule has 1 N–H and O–H groups in total. The van der Waals surface area contributed by atoms with E-state index in [0.717, 1.165) is 5.69 Å². The van der Waals surface area contributed by atoms with Crippen LogP contribution in [0.1, 0.15) is 16.1 Å². The number of ether oxygens (including phenoxy) is 2. The molecule has 6 nitrogen and oxygen atoms in total. The predicted molar refractivity (Wildman–Crippen MR) is 94.2 cm³/mol. The molecule has 0 aliphatic rings.